The second-order valence-electron chi connectivity index (χ2n) is 6.38. The van der Waals surface area contributed by atoms with Crippen LogP contribution >= 0.6 is 0 Å². The lowest BCUT2D eigenvalue weighted by Crippen LogP contribution is -2.46. The van der Waals surface area contributed by atoms with Crippen molar-refractivity contribution in [3.8, 4) is 11.4 Å². The molecule has 0 N–H and O–H groups in total. The third-order valence-electron chi connectivity index (χ3n) is 4.89. The van der Waals surface area contributed by atoms with Crippen LogP contribution in [0.3, 0.4) is 0 Å². The van der Waals surface area contributed by atoms with Crippen LogP contribution in [0.25, 0.3) is 5.69 Å². The van der Waals surface area contributed by atoms with E-state index in [1.54, 1.807) is 13.4 Å². The van der Waals surface area contributed by atoms with Crippen LogP contribution in [0.1, 0.15) is 5.82 Å². The zero-order valence-electron chi connectivity index (χ0n) is 15.2. The third-order valence-corrected chi connectivity index (χ3v) is 4.89. The predicted molar refractivity (Wildman–Crippen MR) is 104 cm³/mol. The van der Waals surface area contributed by atoms with Crippen LogP contribution in [0.2, 0.25) is 0 Å². The second kappa shape index (κ2) is 7.07. The quantitative estimate of drug-likeness (QED) is 0.725. The summed E-state index contributed by atoms with van der Waals surface area (Å²) in [5.74, 6) is 1.79. The summed E-state index contributed by atoms with van der Waals surface area (Å²) in [6.45, 7) is 5.88. The first-order valence-corrected chi connectivity index (χ1v) is 8.86. The van der Waals surface area contributed by atoms with E-state index in [4.69, 9.17) is 4.74 Å². The van der Waals surface area contributed by atoms with Gasteiger partial charge in [0, 0.05) is 31.9 Å². The number of benzene rings is 2. The number of hydrogen-bond acceptors (Lipinski definition) is 5. The Morgan fingerprint density at radius 3 is 2.12 bits per heavy atom. The van der Waals surface area contributed by atoms with Gasteiger partial charge in [0.2, 0.25) is 0 Å². The van der Waals surface area contributed by atoms with Gasteiger partial charge in [-0.25, -0.2) is 9.67 Å². The Morgan fingerprint density at radius 2 is 1.50 bits per heavy atom. The fourth-order valence-corrected chi connectivity index (χ4v) is 3.45. The molecule has 6 heteroatoms. The Bertz CT molecular complexity index is 866. The minimum Gasteiger partial charge on any atom is -0.497 e. The second-order valence-corrected chi connectivity index (χ2v) is 6.38. The Balaban J connectivity index is 1.51. The van der Waals surface area contributed by atoms with Crippen LogP contribution < -0.4 is 14.5 Å². The molecule has 1 fully saturated rings. The van der Waals surface area contributed by atoms with Gasteiger partial charge in [0.05, 0.1) is 18.5 Å². The molecule has 0 bridgehead atoms. The fourth-order valence-electron chi connectivity index (χ4n) is 3.45. The molecule has 26 heavy (non-hydrogen) atoms. The molecule has 1 aliphatic heterocycles. The smallest absolute Gasteiger partial charge is 0.138 e. The van der Waals surface area contributed by atoms with Gasteiger partial charge in [-0.3, -0.25) is 0 Å². The maximum atomic E-state index is 5.25. The highest BCUT2D eigenvalue weighted by atomic mass is 16.5. The number of anilines is 2. The van der Waals surface area contributed by atoms with E-state index >= 15 is 0 Å². The highest BCUT2D eigenvalue weighted by Crippen LogP contribution is 2.27. The van der Waals surface area contributed by atoms with Gasteiger partial charge in [0.25, 0.3) is 0 Å². The summed E-state index contributed by atoms with van der Waals surface area (Å²) in [6.07, 6.45) is 1.60. The van der Waals surface area contributed by atoms with Crippen molar-refractivity contribution < 1.29 is 4.74 Å². The van der Waals surface area contributed by atoms with E-state index in [9.17, 15) is 0 Å². The predicted octanol–water partition coefficient (Wildman–Crippen LogP) is 2.91. The van der Waals surface area contributed by atoms with Crippen molar-refractivity contribution in [1.29, 1.82) is 0 Å². The lowest BCUT2D eigenvalue weighted by molar-refractivity contribution is 0.415. The molecule has 0 saturated carbocycles. The van der Waals surface area contributed by atoms with Crippen LogP contribution in [-0.2, 0) is 0 Å². The molecule has 0 atom stereocenters. The Morgan fingerprint density at radius 1 is 0.846 bits per heavy atom. The SMILES string of the molecule is COc1ccc(N2CCN(c3ccccc3-n3ncnc3C)CC2)cc1. The summed E-state index contributed by atoms with van der Waals surface area (Å²) in [7, 11) is 1.70. The number of piperazine rings is 1. The topological polar surface area (TPSA) is 46.4 Å². The zero-order chi connectivity index (χ0) is 17.9. The summed E-state index contributed by atoms with van der Waals surface area (Å²) in [5.41, 5.74) is 3.53. The van der Waals surface area contributed by atoms with Gasteiger partial charge in [-0.1, -0.05) is 12.1 Å². The van der Waals surface area contributed by atoms with E-state index in [0.717, 1.165) is 43.4 Å². The van der Waals surface area contributed by atoms with Crippen LogP contribution in [0.15, 0.2) is 54.9 Å². The van der Waals surface area contributed by atoms with Crippen molar-refractivity contribution in [3.63, 3.8) is 0 Å². The van der Waals surface area contributed by atoms with E-state index in [1.807, 2.05) is 29.8 Å². The van der Waals surface area contributed by atoms with Crippen molar-refractivity contribution in [2.24, 2.45) is 0 Å². The summed E-state index contributed by atoms with van der Waals surface area (Å²) in [5, 5.41) is 4.38. The number of aryl methyl sites for hydroxylation is 1. The molecule has 2 aromatic carbocycles. The standard InChI is InChI=1S/C20H23N5O/c1-16-21-15-22-25(16)20-6-4-3-5-19(20)24-13-11-23(12-14-24)17-7-9-18(26-2)10-8-17/h3-10,15H,11-14H2,1-2H3. The van der Waals surface area contributed by atoms with Crippen LogP contribution in [0.4, 0.5) is 11.4 Å². The lowest BCUT2D eigenvalue weighted by Gasteiger charge is -2.38. The number of aromatic nitrogens is 3. The molecule has 0 amide bonds. The average molecular weight is 349 g/mol. The van der Waals surface area contributed by atoms with Crippen molar-refractivity contribution >= 4 is 11.4 Å². The molecular formula is C20H23N5O. The van der Waals surface area contributed by atoms with E-state index in [0.29, 0.717) is 0 Å². The molecule has 0 radical (unpaired) electrons. The lowest BCUT2D eigenvalue weighted by atomic mass is 10.2. The molecule has 0 unspecified atom stereocenters. The van der Waals surface area contributed by atoms with Gasteiger partial charge in [-0.05, 0) is 43.3 Å². The summed E-state index contributed by atoms with van der Waals surface area (Å²) < 4.78 is 7.16. The van der Waals surface area contributed by atoms with Crippen LogP contribution in [0.5, 0.6) is 5.75 Å². The minimum atomic E-state index is 0.893. The number of nitrogens with zero attached hydrogens (tertiary/aromatic N) is 5. The molecule has 4 rings (SSSR count). The first-order valence-electron chi connectivity index (χ1n) is 8.86. The maximum Gasteiger partial charge on any atom is 0.138 e. The Kier molecular flexibility index (Phi) is 4.48. The molecule has 1 aliphatic rings. The number of ether oxygens (including phenoxy) is 1. The average Bonchev–Trinajstić information content (AvgIpc) is 3.14. The highest BCUT2D eigenvalue weighted by Gasteiger charge is 2.20. The summed E-state index contributed by atoms with van der Waals surface area (Å²) in [6, 6.07) is 16.7. The molecule has 0 spiro atoms. The van der Waals surface area contributed by atoms with E-state index in [1.165, 1.54) is 11.4 Å². The van der Waals surface area contributed by atoms with Gasteiger partial charge < -0.3 is 14.5 Å². The van der Waals surface area contributed by atoms with Crippen molar-refractivity contribution in [1.82, 2.24) is 14.8 Å². The van der Waals surface area contributed by atoms with Gasteiger partial charge >= 0.3 is 0 Å². The first kappa shape index (κ1) is 16.4. The van der Waals surface area contributed by atoms with Crippen molar-refractivity contribution in [3.05, 3.63) is 60.7 Å². The van der Waals surface area contributed by atoms with Gasteiger partial charge in [-0.15, -0.1) is 0 Å². The zero-order valence-corrected chi connectivity index (χ0v) is 15.2. The number of rotatable bonds is 4. The molecular weight excluding hydrogens is 326 g/mol. The first-order chi connectivity index (χ1) is 12.8. The number of hydrogen-bond donors (Lipinski definition) is 0. The third kappa shape index (κ3) is 3.10. The van der Waals surface area contributed by atoms with E-state index in [-0.39, 0.29) is 0 Å². The maximum absolute atomic E-state index is 5.25. The Labute approximate surface area is 153 Å². The molecule has 6 nitrogen and oxygen atoms in total. The molecule has 1 aromatic heterocycles. The monoisotopic (exact) mass is 349 g/mol. The fraction of sp³-hybridized carbons (Fsp3) is 0.300. The number of methoxy groups -OCH3 is 1. The molecule has 3 aromatic rings. The number of para-hydroxylation sites is 2. The highest BCUT2D eigenvalue weighted by molar-refractivity contribution is 5.63. The molecule has 1 saturated heterocycles. The largest absolute Gasteiger partial charge is 0.497 e. The summed E-state index contributed by atoms with van der Waals surface area (Å²) >= 11 is 0. The molecule has 2 heterocycles. The normalized spacial score (nSPS) is 14.5. The van der Waals surface area contributed by atoms with Crippen LogP contribution in [-0.4, -0.2) is 48.1 Å². The van der Waals surface area contributed by atoms with Crippen LogP contribution in [0, 0.1) is 6.92 Å². The van der Waals surface area contributed by atoms with Gasteiger partial charge in [0.15, 0.2) is 0 Å². The van der Waals surface area contributed by atoms with Crippen molar-refractivity contribution in [2.45, 2.75) is 6.92 Å². The minimum absolute atomic E-state index is 0.893. The van der Waals surface area contributed by atoms with Gasteiger partial charge in [0.1, 0.15) is 17.9 Å². The van der Waals surface area contributed by atoms with E-state index in [2.05, 4.69) is 50.2 Å². The summed E-state index contributed by atoms with van der Waals surface area (Å²) in [4.78, 5) is 9.10. The molecule has 134 valence electrons. The van der Waals surface area contributed by atoms with E-state index < -0.39 is 0 Å². The molecule has 0 aliphatic carbocycles. The van der Waals surface area contributed by atoms with Crippen molar-refractivity contribution in [2.75, 3.05) is 43.1 Å². The Hall–Kier alpha value is -3.02. The van der Waals surface area contributed by atoms with Gasteiger partial charge in [-0.2, -0.15) is 5.10 Å².